The van der Waals surface area contributed by atoms with Crippen molar-refractivity contribution in [2.75, 3.05) is 0 Å². The SMILES string of the molecule is CC(C)(C)C1=Cc2c(-c3ccc(C(F)(F)F)cc3)cccc2[CH]1[Ti+2]1([CH]2C(C(C)(C)C)=Cc3c(-c4ccc(C(F)(F)F)cc4)cccc32)[CH]2CCCC[CH]21.[Cl-].[Cl-]. The van der Waals surface area contributed by atoms with E-state index in [1.807, 2.05) is 0 Å². The summed E-state index contributed by atoms with van der Waals surface area (Å²) in [5.41, 5.74) is 9.82. The molecule has 0 aromatic heterocycles. The second kappa shape index (κ2) is 14.3. The first-order valence-corrected chi connectivity index (χ1v) is 22.5. The van der Waals surface area contributed by atoms with E-state index in [4.69, 9.17) is 0 Å². The van der Waals surface area contributed by atoms with Crippen LogP contribution in [0.5, 0.6) is 0 Å². The van der Waals surface area contributed by atoms with Crippen molar-refractivity contribution in [3.05, 3.63) is 129 Å². The van der Waals surface area contributed by atoms with E-state index in [1.54, 1.807) is 24.3 Å². The molecule has 4 aromatic carbocycles. The van der Waals surface area contributed by atoms with Gasteiger partial charge in [-0.05, 0) is 0 Å². The third kappa shape index (κ3) is 6.89. The predicted molar refractivity (Wildman–Crippen MR) is 200 cm³/mol. The van der Waals surface area contributed by atoms with Gasteiger partial charge in [0, 0.05) is 0 Å². The fourth-order valence-electron chi connectivity index (χ4n) is 10.6. The number of alkyl halides is 6. The molecule has 0 nitrogen and oxygen atoms in total. The zero-order chi connectivity index (χ0) is 37.9. The molecule has 290 valence electrons. The summed E-state index contributed by atoms with van der Waals surface area (Å²) in [6.45, 7) is 13.9. The average molecular weight is 832 g/mol. The Balaban J connectivity index is 0.00000257. The Hall–Kier alpha value is -2.77. The average Bonchev–Trinajstić information content (AvgIpc) is 3.35. The number of halogens is 8. The van der Waals surface area contributed by atoms with E-state index in [2.05, 4.69) is 90.1 Å². The summed E-state index contributed by atoms with van der Waals surface area (Å²) in [6, 6.07) is 24.1. The minimum Gasteiger partial charge on any atom is -1.00 e. The van der Waals surface area contributed by atoms with Crippen LogP contribution in [0.15, 0.2) is 96.1 Å². The minimum atomic E-state index is -4.40. The summed E-state index contributed by atoms with van der Waals surface area (Å²) in [4.78, 5) is 0. The van der Waals surface area contributed by atoms with Crippen LogP contribution in [0, 0.1) is 10.8 Å². The third-order valence-corrected chi connectivity index (χ3v) is 23.5. The Kier molecular flexibility index (Phi) is 10.8. The normalized spacial score (nSPS) is 23.3. The van der Waals surface area contributed by atoms with Gasteiger partial charge in [0.2, 0.25) is 0 Å². The summed E-state index contributed by atoms with van der Waals surface area (Å²) < 4.78 is 83.3. The topological polar surface area (TPSA) is 0 Å². The van der Waals surface area contributed by atoms with E-state index in [9.17, 15) is 26.3 Å². The Morgan fingerprint density at radius 2 is 0.836 bits per heavy atom. The molecule has 2 fully saturated rings. The predicted octanol–water partition coefficient (Wildman–Crippen LogP) is 9.05. The van der Waals surface area contributed by atoms with E-state index in [0.29, 0.717) is 8.45 Å². The number of fused-ring (bicyclic) bond motifs is 3. The number of hydrogen-bond acceptors (Lipinski definition) is 0. The Labute approximate surface area is 337 Å². The van der Waals surface area contributed by atoms with E-state index >= 15 is 0 Å². The largest absolute Gasteiger partial charge is 1.00 e. The number of rotatable bonds is 4. The van der Waals surface area contributed by atoms with Gasteiger partial charge in [-0.2, -0.15) is 0 Å². The van der Waals surface area contributed by atoms with E-state index in [1.165, 1.54) is 72.2 Å². The van der Waals surface area contributed by atoms with Crippen molar-refractivity contribution >= 4 is 12.2 Å². The maximum atomic E-state index is 13.6. The summed E-state index contributed by atoms with van der Waals surface area (Å²) in [5, 5.41) is 0. The van der Waals surface area contributed by atoms with Gasteiger partial charge in [0.25, 0.3) is 0 Å². The van der Waals surface area contributed by atoms with Gasteiger partial charge < -0.3 is 24.8 Å². The molecular weight excluding hydrogens is 785 g/mol. The molecule has 0 spiro atoms. The van der Waals surface area contributed by atoms with Gasteiger partial charge in [0.15, 0.2) is 0 Å². The zero-order valence-corrected chi connectivity index (χ0v) is 35.0. The summed E-state index contributed by atoms with van der Waals surface area (Å²) in [5.74, 6) is 0. The van der Waals surface area contributed by atoms with E-state index in [-0.39, 0.29) is 44.1 Å². The molecule has 0 radical (unpaired) electrons. The fraction of sp³-hybridized carbons (Fsp3) is 0.391. The van der Waals surface area contributed by atoms with Gasteiger partial charge in [-0.1, -0.05) is 0 Å². The zero-order valence-electron chi connectivity index (χ0n) is 31.9. The molecule has 1 heterocycles. The first kappa shape index (κ1) is 41.9. The first-order valence-electron chi connectivity index (χ1n) is 18.9. The second-order valence-corrected chi connectivity index (χ2v) is 25.1. The van der Waals surface area contributed by atoms with Gasteiger partial charge in [0.05, 0.1) is 0 Å². The molecule has 4 aliphatic rings. The maximum Gasteiger partial charge on any atom is -1.00 e. The smallest absolute Gasteiger partial charge is 1.00 e. The molecule has 9 heteroatoms. The Morgan fingerprint density at radius 3 is 1.15 bits per heavy atom. The van der Waals surface area contributed by atoms with Gasteiger partial charge in [-0.15, -0.1) is 0 Å². The molecule has 55 heavy (non-hydrogen) atoms. The molecule has 1 saturated carbocycles. The van der Waals surface area contributed by atoms with Crippen molar-refractivity contribution in [3.63, 3.8) is 0 Å². The molecule has 4 unspecified atom stereocenters. The monoisotopic (exact) mass is 830 g/mol. The molecule has 3 aliphatic carbocycles. The van der Waals surface area contributed by atoms with Crippen molar-refractivity contribution < 1.29 is 67.7 Å². The second-order valence-electron chi connectivity index (χ2n) is 17.8. The molecule has 0 amide bonds. The number of benzene rings is 4. The quantitative estimate of drug-likeness (QED) is 0.142. The molecule has 0 N–H and O–H groups in total. The van der Waals surface area contributed by atoms with Crippen molar-refractivity contribution in [1.82, 2.24) is 0 Å². The minimum absolute atomic E-state index is 0. The number of allylic oxidation sites excluding steroid dienone is 2. The van der Waals surface area contributed by atoms with Crippen molar-refractivity contribution in [1.29, 1.82) is 0 Å². The molecular formula is C46H46Cl2F6Ti. The Morgan fingerprint density at radius 1 is 0.491 bits per heavy atom. The Bertz CT molecular complexity index is 1990. The van der Waals surface area contributed by atoms with Crippen molar-refractivity contribution in [2.45, 2.75) is 96.5 Å². The third-order valence-electron chi connectivity index (χ3n) is 12.8. The van der Waals surface area contributed by atoms with Crippen LogP contribution in [-0.2, 0) is 28.9 Å². The fourth-order valence-corrected chi connectivity index (χ4v) is 25.4. The molecule has 1 aliphatic heterocycles. The van der Waals surface area contributed by atoms with Gasteiger partial charge in [-0.3, -0.25) is 0 Å². The van der Waals surface area contributed by atoms with Crippen LogP contribution in [0.2, 0.25) is 8.45 Å². The van der Waals surface area contributed by atoms with Crippen molar-refractivity contribution in [2.24, 2.45) is 10.8 Å². The maximum absolute atomic E-state index is 13.6. The standard InChI is InChI=1S/2C20H18F3.C6H10.2ClH.Ti/c2*1-19(2,3)16-11-14-5-4-6-17(18(14)12-16)13-7-9-15(10-8-13)20(21,22)23;1-2-4-6-5-3-1;;;/h2*4-12H,1-3H3;1-2H,3-6H2;2*1H;/q;;;;;+2/p-2. The van der Waals surface area contributed by atoms with E-state index < -0.39 is 40.1 Å². The van der Waals surface area contributed by atoms with E-state index in [0.717, 1.165) is 33.4 Å². The summed E-state index contributed by atoms with van der Waals surface area (Å²) in [6.07, 6.45) is 0.931. The number of hydrogen-bond donors (Lipinski definition) is 0. The van der Waals surface area contributed by atoms with Crippen LogP contribution in [0.1, 0.15) is 109 Å². The first-order chi connectivity index (χ1) is 24.8. The van der Waals surface area contributed by atoms with Crippen LogP contribution < -0.4 is 24.8 Å². The molecule has 4 aromatic rings. The molecule has 4 atom stereocenters. The van der Waals surface area contributed by atoms with Crippen LogP contribution in [0.25, 0.3) is 34.4 Å². The van der Waals surface area contributed by atoms with Crippen LogP contribution in [-0.4, -0.2) is 0 Å². The van der Waals surface area contributed by atoms with Gasteiger partial charge in [-0.25, -0.2) is 0 Å². The van der Waals surface area contributed by atoms with Gasteiger partial charge in [0.1, 0.15) is 0 Å². The molecule has 0 bridgehead atoms. The van der Waals surface area contributed by atoms with Crippen LogP contribution in [0.3, 0.4) is 0 Å². The molecule has 1 saturated heterocycles. The van der Waals surface area contributed by atoms with Crippen LogP contribution >= 0.6 is 0 Å². The van der Waals surface area contributed by atoms with Gasteiger partial charge >= 0.3 is 314 Å². The summed E-state index contributed by atoms with van der Waals surface area (Å²) in [7, 11) is 0. The molecule has 8 rings (SSSR count). The van der Waals surface area contributed by atoms with Crippen LogP contribution in [0.4, 0.5) is 26.3 Å². The summed E-state index contributed by atoms with van der Waals surface area (Å²) >= 11 is -3.17. The van der Waals surface area contributed by atoms with Crippen molar-refractivity contribution in [3.8, 4) is 22.3 Å².